The maximum absolute atomic E-state index is 13.5. The van der Waals surface area contributed by atoms with Crippen LogP contribution >= 0.6 is 24.0 Å². The molecule has 2 aromatic carbocycles. The van der Waals surface area contributed by atoms with E-state index in [2.05, 4.69) is 15.6 Å². The molecule has 158 valence electrons. The van der Waals surface area contributed by atoms with Crippen molar-refractivity contribution in [3.63, 3.8) is 0 Å². The van der Waals surface area contributed by atoms with Gasteiger partial charge < -0.3 is 20.1 Å². The Morgan fingerprint density at radius 1 is 1.07 bits per heavy atom. The van der Waals surface area contributed by atoms with E-state index in [1.807, 2.05) is 24.3 Å². The summed E-state index contributed by atoms with van der Waals surface area (Å²) in [6, 6.07) is 12.8. The van der Waals surface area contributed by atoms with Gasteiger partial charge in [-0.05, 0) is 54.7 Å². The van der Waals surface area contributed by atoms with E-state index in [1.54, 1.807) is 33.4 Å². The van der Waals surface area contributed by atoms with E-state index >= 15 is 0 Å². The molecular formula is C22H29FIN3O2. The molecule has 1 saturated carbocycles. The van der Waals surface area contributed by atoms with Crippen LogP contribution in [0.2, 0.25) is 0 Å². The molecule has 0 aromatic heterocycles. The fraction of sp³-hybridized carbons (Fsp3) is 0.409. The van der Waals surface area contributed by atoms with Crippen molar-refractivity contribution in [2.75, 3.05) is 34.4 Å². The average Bonchev–Trinajstić information content (AvgIpc) is 3.51. The maximum atomic E-state index is 13.5. The standard InChI is InChI=1S/C22H28FN3O2.HI/c1-24-21(25-12-9-16-7-8-19(27-2)20(13-16)28-3)26-15-22(10-11-22)17-5-4-6-18(23)14-17;/h4-8,13-14H,9-12,15H2,1-3H3,(H2,24,25,26);1H. The van der Waals surface area contributed by atoms with Crippen LogP contribution in [0.3, 0.4) is 0 Å². The van der Waals surface area contributed by atoms with E-state index in [0.717, 1.165) is 60.9 Å². The monoisotopic (exact) mass is 513 g/mol. The number of halogens is 2. The summed E-state index contributed by atoms with van der Waals surface area (Å²) in [6.07, 6.45) is 2.95. The van der Waals surface area contributed by atoms with Gasteiger partial charge in [-0.15, -0.1) is 24.0 Å². The average molecular weight is 513 g/mol. The Balaban J connectivity index is 0.00000300. The Hall–Kier alpha value is -2.03. The third-order valence-corrected chi connectivity index (χ3v) is 5.26. The number of rotatable bonds is 8. The molecule has 2 aromatic rings. The lowest BCUT2D eigenvalue weighted by Crippen LogP contribution is -2.42. The second-order valence-corrected chi connectivity index (χ2v) is 7.08. The minimum absolute atomic E-state index is 0. The number of hydrogen-bond donors (Lipinski definition) is 2. The molecule has 1 aliphatic carbocycles. The van der Waals surface area contributed by atoms with Crippen molar-refractivity contribution in [2.45, 2.75) is 24.7 Å². The third kappa shape index (κ3) is 5.98. The number of hydrogen-bond acceptors (Lipinski definition) is 3. The smallest absolute Gasteiger partial charge is 0.191 e. The highest BCUT2D eigenvalue weighted by Gasteiger charge is 2.44. The number of benzene rings is 2. The molecule has 0 radical (unpaired) electrons. The van der Waals surface area contributed by atoms with Crippen LogP contribution in [-0.4, -0.2) is 40.3 Å². The van der Waals surface area contributed by atoms with Crippen LogP contribution in [0.15, 0.2) is 47.5 Å². The molecule has 1 aliphatic rings. The molecule has 5 nitrogen and oxygen atoms in total. The summed E-state index contributed by atoms with van der Waals surface area (Å²) < 4.78 is 24.2. The van der Waals surface area contributed by atoms with Gasteiger partial charge in [0.25, 0.3) is 0 Å². The van der Waals surface area contributed by atoms with Gasteiger partial charge >= 0.3 is 0 Å². The quantitative estimate of drug-likeness (QED) is 0.320. The first-order chi connectivity index (χ1) is 13.6. The van der Waals surface area contributed by atoms with Gasteiger partial charge in [0.1, 0.15) is 5.82 Å². The Bertz CT molecular complexity index is 841. The molecular weight excluding hydrogens is 484 g/mol. The molecule has 0 bridgehead atoms. The first-order valence-corrected chi connectivity index (χ1v) is 9.52. The number of aliphatic imine (C=N–C) groups is 1. The van der Waals surface area contributed by atoms with E-state index in [1.165, 1.54) is 6.07 Å². The van der Waals surface area contributed by atoms with Gasteiger partial charge in [-0.3, -0.25) is 4.99 Å². The summed E-state index contributed by atoms with van der Waals surface area (Å²) in [5, 5.41) is 6.73. The van der Waals surface area contributed by atoms with E-state index in [-0.39, 0.29) is 35.2 Å². The molecule has 7 heteroatoms. The van der Waals surface area contributed by atoms with Crippen molar-refractivity contribution in [2.24, 2.45) is 4.99 Å². The molecule has 3 rings (SSSR count). The van der Waals surface area contributed by atoms with E-state index < -0.39 is 0 Å². The predicted molar refractivity (Wildman–Crippen MR) is 125 cm³/mol. The topological polar surface area (TPSA) is 54.9 Å². The van der Waals surface area contributed by atoms with E-state index in [0.29, 0.717) is 0 Å². The molecule has 0 saturated heterocycles. The Morgan fingerprint density at radius 2 is 1.83 bits per heavy atom. The summed E-state index contributed by atoms with van der Waals surface area (Å²) >= 11 is 0. The molecule has 1 fully saturated rings. The van der Waals surface area contributed by atoms with Gasteiger partial charge in [0.15, 0.2) is 17.5 Å². The molecule has 29 heavy (non-hydrogen) atoms. The van der Waals surface area contributed by atoms with Gasteiger partial charge in [0, 0.05) is 25.6 Å². The van der Waals surface area contributed by atoms with Crippen molar-refractivity contribution in [1.82, 2.24) is 10.6 Å². The second-order valence-electron chi connectivity index (χ2n) is 7.08. The van der Waals surface area contributed by atoms with Gasteiger partial charge in [-0.1, -0.05) is 18.2 Å². The van der Waals surface area contributed by atoms with Crippen molar-refractivity contribution >= 4 is 29.9 Å². The van der Waals surface area contributed by atoms with Crippen LogP contribution in [0.5, 0.6) is 11.5 Å². The summed E-state index contributed by atoms with van der Waals surface area (Å²) in [5.74, 6) is 2.03. The largest absolute Gasteiger partial charge is 0.493 e. The zero-order chi connectivity index (χ0) is 20.0. The highest BCUT2D eigenvalue weighted by molar-refractivity contribution is 14.0. The van der Waals surface area contributed by atoms with Crippen LogP contribution in [0, 0.1) is 5.82 Å². The highest BCUT2D eigenvalue weighted by Crippen LogP contribution is 2.47. The summed E-state index contributed by atoms with van der Waals surface area (Å²) in [6.45, 7) is 1.48. The first kappa shape index (κ1) is 23.3. The normalized spacial score (nSPS) is 14.6. The van der Waals surface area contributed by atoms with Crippen molar-refractivity contribution in [3.8, 4) is 11.5 Å². The summed E-state index contributed by atoms with van der Waals surface area (Å²) in [5.41, 5.74) is 2.23. The molecule has 0 heterocycles. The lowest BCUT2D eigenvalue weighted by atomic mass is 9.96. The molecule has 2 N–H and O–H groups in total. The number of ether oxygens (including phenoxy) is 2. The third-order valence-electron chi connectivity index (χ3n) is 5.26. The zero-order valence-electron chi connectivity index (χ0n) is 17.1. The molecule has 0 atom stereocenters. The van der Waals surface area contributed by atoms with Crippen LogP contribution < -0.4 is 20.1 Å². The van der Waals surface area contributed by atoms with Crippen molar-refractivity contribution < 1.29 is 13.9 Å². The fourth-order valence-corrected chi connectivity index (χ4v) is 3.37. The van der Waals surface area contributed by atoms with Gasteiger partial charge in [0.2, 0.25) is 0 Å². The molecule has 0 aliphatic heterocycles. The Morgan fingerprint density at radius 3 is 2.45 bits per heavy atom. The fourth-order valence-electron chi connectivity index (χ4n) is 3.37. The molecule has 0 unspecified atom stereocenters. The molecule has 0 amide bonds. The van der Waals surface area contributed by atoms with Crippen LogP contribution in [-0.2, 0) is 11.8 Å². The Labute approximate surface area is 189 Å². The summed E-state index contributed by atoms with van der Waals surface area (Å²) in [7, 11) is 5.02. The number of methoxy groups -OCH3 is 2. The van der Waals surface area contributed by atoms with Gasteiger partial charge in [0.05, 0.1) is 14.2 Å². The minimum Gasteiger partial charge on any atom is -0.493 e. The zero-order valence-corrected chi connectivity index (χ0v) is 19.5. The van der Waals surface area contributed by atoms with Gasteiger partial charge in [-0.2, -0.15) is 0 Å². The van der Waals surface area contributed by atoms with Crippen LogP contribution in [0.4, 0.5) is 4.39 Å². The van der Waals surface area contributed by atoms with Crippen molar-refractivity contribution in [1.29, 1.82) is 0 Å². The highest BCUT2D eigenvalue weighted by atomic mass is 127. The molecule has 0 spiro atoms. The van der Waals surface area contributed by atoms with Gasteiger partial charge in [-0.25, -0.2) is 4.39 Å². The maximum Gasteiger partial charge on any atom is 0.191 e. The first-order valence-electron chi connectivity index (χ1n) is 9.52. The van der Waals surface area contributed by atoms with Crippen molar-refractivity contribution in [3.05, 3.63) is 59.4 Å². The lowest BCUT2D eigenvalue weighted by Gasteiger charge is -2.19. The second kappa shape index (κ2) is 10.7. The number of nitrogens with zero attached hydrogens (tertiary/aromatic N) is 1. The van der Waals surface area contributed by atoms with E-state index in [4.69, 9.17) is 9.47 Å². The predicted octanol–water partition coefficient (Wildman–Crippen LogP) is 3.90. The summed E-state index contributed by atoms with van der Waals surface area (Å²) in [4.78, 5) is 4.30. The number of nitrogens with one attached hydrogen (secondary N) is 2. The van der Waals surface area contributed by atoms with E-state index in [9.17, 15) is 4.39 Å². The lowest BCUT2D eigenvalue weighted by molar-refractivity contribution is 0.354. The SMILES string of the molecule is CN=C(NCCc1ccc(OC)c(OC)c1)NCC1(c2cccc(F)c2)CC1.I. The Kier molecular flexibility index (Phi) is 8.55. The minimum atomic E-state index is -0.179. The van der Waals surface area contributed by atoms with Crippen LogP contribution in [0.25, 0.3) is 0 Å². The number of guanidine groups is 1. The van der Waals surface area contributed by atoms with Crippen LogP contribution in [0.1, 0.15) is 24.0 Å².